The first kappa shape index (κ1) is 10.7. The highest BCUT2D eigenvalue weighted by atomic mass is 19.1. The second-order valence-electron chi connectivity index (χ2n) is 4.79. The van der Waals surface area contributed by atoms with Gasteiger partial charge in [0.1, 0.15) is 18.5 Å². The Morgan fingerprint density at radius 1 is 1.59 bits per heavy atom. The molecule has 92 valence electrons. The van der Waals surface area contributed by atoms with Gasteiger partial charge in [-0.1, -0.05) is 0 Å². The number of nitrogens with zero attached hydrogens (tertiary/aromatic N) is 1. The molecule has 1 unspecified atom stereocenters. The summed E-state index contributed by atoms with van der Waals surface area (Å²) in [7, 11) is 0. The molecule has 3 atom stereocenters. The number of hydrogen-bond donors (Lipinski definition) is 2. The van der Waals surface area contributed by atoms with E-state index >= 15 is 0 Å². The van der Waals surface area contributed by atoms with Crippen LogP contribution in [0, 0.1) is 5.82 Å². The standard InChI is InChI=1S/C12H16FN3O/c1-6-5-17-11-8(13)3-4-9-10(11)16(6)12(15-9)7(2)14/h3-4,6-7,12,15H,5,14H2,1-2H3/t6?,7-,12-/m0/s1. The quantitative estimate of drug-likeness (QED) is 0.777. The smallest absolute Gasteiger partial charge is 0.180 e. The molecule has 2 aliphatic heterocycles. The summed E-state index contributed by atoms with van der Waals surface area (Å²) in [5.41, 5.74) is 7.69. The number of benzene rings is 1. The van der Waals surface area contributed by atoms with Crippen LogP contribution < -0.4 is 20.7 Å². The minimum absolute atomic E-state index is 0.00412. The highest BCUT2D eigenvalue weighted by molar-refractivity contribution is 5.83. The first-order valence-electron chi connectivity index (χ1n) is 5.85. The number of nitrogens with two attached hydrogens (primary N) is 1. The van der Waals surface area contributed by atoms with Gasteiger partial charge in [0.15, 0.2) is 11.6 Å². The van der Waals surface area contributed by atoms with Crippen molar-refractivity contribution in [3.05, 3.63) is 17.9 Å². The van der Waals surface area contributed by atoms with Crippen molar-refractivity contribution < 1.29 is 9.13 Å². The molecule has 2 heterocycles. The largest absolute Gasteiger partial charge is 0.486 e. The van der Waals surface area contributed by atoms with Crippen LogP contribution in [-0.4, -0.2) is 24.9 Å². The number of ether oxygens (including phenoxy) is 1. The third-order valence-corrected chi connectivity index (χ3v) is 3.39. The monoisotopic (exact) mass is 237 g/mol. The molecule has 0 aliphatic carbocycles. The van der Waals surface area contributed by atoms with Gasteiger partial charge in [0.2, 0.25) is 0 Å². The average Bonchev–Trinajstić information content (AvgIpc) is 2.67. The van der Waals surface area contributed by atoms with Crippen LogP contribution in [0.5, 0.6) is 5.75 Å². The van der Waals surface area contributed by atoms with Gasteiger partial charge in [-0.25, -0.2) is 4.39 Å². The first-order chi connectivity index (χ1) is 8.09. The Morgan fingerprint density at radius 3 is 3.06 bits per heavy atom. The average molecular weight is 237 g/mol. The number of anilines is 2. The molecule has 3 rings (SSSR count). The van der Waals surface area contributed by atoms with Crippen molar-refractivity contribution >= 4 is 11.4 Å². The number of hydrogen-bond acceptors (Lipinski definition) is 4. The molecule has 2 aliphatic rings. The van der Waals surface area contributed by atoms with Gasteiger partial charge in [0.05, 0.1) is 11.7 Å². The van der Waals surface area contributed by atoms with Crippen molar-refractivity contribution in [2.75, 3.05) is 16.8 Å². The maximum Gasteiger partial charge on any atom is 0.180 e. The summed E-state index contributed by atoms with van der Waals surface area (Å²) >= 11 is 0. The van der Waals surface area contributed by atoms with Gasteiger partial charge in [-0.3, -0.25) is 0 Å². The summed E-state index contributed by atoms with van der Waals surface area (Å²) in [5, 5.41) is 3.33. The molecule has 0 saturated carbocycles. The van der Waals surface area contributed by atoms with E-state index in [1.165, 1.54) is 6.07 Å². The van der Waals surface area contributed by atoms with Crippen LogP contribution in [0.4, 0.5) is 15.8 Å². The Morgan fingerprint density at radius 2 is 2.35 bits per heavy atom. The topological polar surface area (TPSA) is 50.5 Å². The molecule has 0 aromatic heterocycles. The summed E-state index contributed by atoms with van der Waals surface area (Å²) in [6, 6.07) is 3.32. The predicted octanol–water partition coefficient (Wildman–Crippen LogP) is 1.51. The van der Waals surface area contributed by atoms with Gasteiger partial charge in [-0.05, 0) is 26.0 Å². The van der Waals surface area contributed by atoms with Crippen molar-refractivity contribution in [2.24, 2.45) is 5.73 Å². The number of nitrogens with one attached hydrogen (secondary N) is 1. The van der Waals surface area contributed by atoms with Gasteiger partial charge in [-0.15, -0.1) is 0 Å². The van der Waals surface area contributed by atoms with Gasteiger partial charge < -0.3 is 20.7 Å². The van der Waals surface area contributed by atoms with Gasteiger partial charge in [-0.2, -0.15) is 0 Å². The minimum Gasteiger partial charge on any atom is -0.486 e. The molecule has 17 heavy (non-hydrogen) atoms. The zero-order valence-corrected chi connectivity index (χ0v) is 9.90. The minimum atomic E-state index is -0.312. The van der Waals surface area contributed by atoms with E-state index in [4.69, 9.17) is 10.5 Å². The lowest BCUT2D eigenvalue weighted by Crippen LogP contribution is -2.54. The van der Waals surface area contributed by atoms with Gasteiger partial charge in [0, 0.05) is 6.04 Å². The van der Waals surface area contributed by atoms with E-state index in [2.05, 4.69) is 17.1 Å². The van der Waals surface area contributed by atoms with E-state index in [0.29, 0.717) is 12.4 Å². The summed E-state index contributed by atoms with van der Waals surface area (Å²) in [6.45, 7) is 4.49. The number of rotatable bonds is 1. The molecule has 0 bridgehead atoms. The SMILES string of the molecule is CC1COc2c(F)ccc3c2N1[C@@H]([C@H](C)N)N3. The fourth-order valence-corrected chi connectivity index (χ4v) is 2.59. The highest BCUT2D eigenvalue weighted by Crippen LogP contribution is 2.47. The molecule has 0 spiro atoms. The molecule has 1 aromatic carbocycles. The van der Waals surface area contributed by atoms with Crippen molar-refractivity contribution in [3.8, 4) is 5.75 Å². The maximum absolute atomic E-state index is 13.7. The number of halogens is 1. The third kappa shape index (κ3) is 1.38. The van der Waals surface area contributed by atoms with Crippen LogP contribution in [0.1, 0.15) is 13.8 Å². The van der Waals surface area contributed by atoms with Gasteiger partial charge in [0.25, 0.3) is 0 Å². The maximum atomic E-state index is 13.7. The molecule has 0 fully saturated rings. The van der Waals surface area contributed by atoms with Crippen molar-refractivity contribution in [1.29, 1.82) is 0 Å². The van der Waals surface area contributed by atoms with E-state index in [1.54, 1.807) is 6.07 Å². The van der Waals surface area contributed by atoms with Gasteiger partial charge >= 0.3 is 0 Å². The first-order valence-corrected chi connectivity index (χ1v) is 5.85. The summed E-state index contributed by atoms with van der Waals surface area (Å²) in [5.74, 6) is 0.0315. The molecule has 5 heteroatoms. The molecule has 0 amide bonds. The fraction of sp³-hybridized carbons (Fsp3) is 0.500. The molecule has 4 nitrogen and oxygen atoms in total. The lowest BCUT2D eigenvalue weighted by atomic mass is 10.1. The van der Waals surface area contributed by atoms with E-state index in [0.717, 1.165) is 11.4 Å². The summed E-state index contributed by atoms with van der Waals surface area (Å²) in [4.78, 5) is 2.13. The zero-order chi connectivity index (χ0) is 12.2. The molecular weight excluding hydrogens is 221 g/mol. The third-order valence-electron chi connectivity index (χ3n) is 3.39. The van der Waals surface area contributed by atoms with Crippen molar-refractivity contribution in [2.45, 2.75) is 32.1 Å². The Bertz CT molecular complexity index is 463. The Labute approximate surface area is 99.5 Å². The molecule has 3 N–H and O–H groups in total. The van der Waals surface area contributed by atoms with Crippen molar-refractivity contribution in [1.82, 2.24) is 0 Å². The fourth-order valence-electron chi connectivity index (χ4n) is 2.59. The summed E-state index contributed by atoms with van der Waals surface area (Å²) in [6.07, 6.45) is 0.00412. The second-order valence-corrected chi connectivity index (χ2v) is 4.79. The normalized spacial score (nSPS) is 27.2. The van der Waals surface area contributed by atoms with Crippen LogP contribution in [0.15, 0.2) is 12.1 Å². The van der Waals surface area contributed by atoms with E-state index < -0.39 is 0 Å². The summed E-state index contributed by atoms with van der Waals surface area (Å²) < 4.78 is 19.2. The van der Waals surface area contributed by atoms with E-state index in [1.807, 2.05) is 6.92 Å². The molecule has 0 radical (unpaired) electrons. The second kappa shape index (κ2) is 3.50. The van der Waals surface area contributed by atoms with E-state index in [9.17, 15) is 4.39 Å². The lowest BCUT2D eigenvalue weighted by molar-refractivity contribution is 0.252. The highest BCUT2D eigenvalue weighted by Gasteiger charge is 2.40. The van der Waals surface area contributed by atoms with Crippen LogP contribution >= 0.6 is 0 Å². The van der Waals surface area contributed by atoms with Crippen LogP contribution in [-0.2, 0) is 0 Å². The molecule has 1 aromatic rings. The Kier molecular flexibility index (Phi) is 2.19. The van der Waals surface area contributed by atoms with Crippen LogP contribution in [0.25, 0.3) is 0 Å². The Hall–Kier alpha value is -1.49. The van der Waals surface area contributed by atoms with Crippen LogP contribution in [0.2, 0.25) is 0 Å². The van der Waals surface area contributed by atoms with Crippen molar-refractivity contribution in [3.63, 3.8) is 0 Å². The van der Waals surface area contributed by atoms with Crippen LogP contribution in [0.3, 0.4) is 0 Å². The van der Waals surface area contributed by atoms with E-state index in [-0.39, 0.29) is 24.1 Å². The Balaban J connectivity index is 2.15. The zero-order valence-electron chi connectivity index (χ0n) is 9.90. The molecule has 0 saturated heterocycles. The predicted molar refractivity (Wildman–Crippen MR) is 64.9 cm³/mol. The lowest BCUT2D eigenvalue weighted by Gasteiger charge is -2.38. The molecular formula is C12H16FN3O.